The minimum atomic E-state index is -0.937. The van der Waals surface area contributed by atoms with E-state index in [4.69, 9.17) is 0 Å². The molecule has 0 bridgehead atoms. The molecule has 0 spiro atoms. The lowest BCUT2D eigenvalue weighted by molar-refractivity contribution is 0.689. The molecule has 3 heteroatoms. The van der Waals surface area contributed by atoms with Gasteiger partial charge in [0.05, 0.1) is 15.7 Å². The third-order valence-electron chi connectivity index (χ3n) is 1.57. The van der Waals surface area contributed by atoms with Crippen molar-refractivity contribution in [2.45, 2.75) is 4.90 Å². The molecule has 1 aromatic rings. The summed E-state index contributed by atoms with van der Waals surface area (Å²) >= 11 is 3.35. The van der Waals surface area contributed by atoms with Crippen LogP contribution in [0.2, 0.25) is 0 Å². The van der Waals surface area contributed by atoms with Crippen LogP contribution in [-0.2, 0) is 10.8 Å². The summed E-state index contributed by atoms with van der Waals surface area (Å²) in [6, 6.07) is 7.68. The minimum Gasteiger partial charge on any atom is -0.250 e. The van der Waals surface area contributed by atoms with Crippen LogP contribution >= 0.6 is 15.9 Å². The maximum Gasteiger partial charge on any atom is 0.0794 e. The molecular formula is C8H5BrOS. The first kappa shape index (κ1) is 7.25. The number of rotatable bonds is 0. The van der Waals surface area contributed by atoms with Gasteiger partial charge in [0, 0.05) is 15.5 Å². The van der Waals surface area contributed by atoms with Crippen molar-refractivity contribution in [2.75, 3.05) is 0 Å². The molecule has 1 aromatic carbocycles. The molecule has 0 amide bonds. The number of fused-ring (bicyclic) bond motifs is 1. The van der Waals surface area contributed by atoms with Gasteiger partial charge in [0.1, 0.15) is 0 Å². The predicted octanol–water partition coefficient (Wildman–Crippen LogP) is 2.50. The van der Waals surface area contributed by atoms with Crippen molar-refractivity contribution in [3.05, 3.63) is 35.2 Å². The summed E-state index contributed by atoms with van der Waals surface area (Å²) in [5, 5.41) is 1.71. The Hall–Kier alpha value is -0.410. The van der Waals surface area contributed by atoms with Crippen molar-refractivity contribution in [3.63, 3.8) is 0 Å². The molecule has 1 atom stereocenters. The topological polar surface area (TPSA) is 17.1 Å². The van der Waals surface area contributed by atoms with Gasteiger partial charge in [-0.05, 0) is 22.0 Å². The number of benzene rings is 1. The van der Waals surface area contributed by atoms with Gasteiger partial charge in [-0.1, -0.05) is 18.2 Å². The minimum absolute atomic E-state index is 0.902. The molecule has 1 aliphatic heterocycles. The van der Waals surface area contributed by atoms with Crippen molar-refractivity contribution in [2.24, 2.45) is 0 Å². The van der Waals surface area contributed by atoms with Crippen LogP contribution in [0.1, 0.15) is 5.56 Å². The second-order valence-electron chi connectivity index (χ2n) is 2.26. The molecule has 0 N–H and O–H groups in total. The van der Waals surface area contributed by atoms with Crippen molar-refractivity contribution in [1.82, 2.24) is 0 Å². The Morgan fingerprint density at radius 2 is 2.00 bits per heavy atom. The van der Waals surface area contributed by atoms with E-state index in [2.05, 4.69) is 15.9 Å². The van der Waals surface area contributed by atoms with Crippen LogP contribution in [0.3, 0.4) is 0 Å². The van der Waals surface area contributed by atoms with E-state index in [9.17, 15) is 4.21 Å². The van der Waals surface area contributed by atoms with E-state index < -0.39 is 10.8 Å². The van der Waals surface area contributed by atoms with Gasteiger partial charge in [0.25, 0.3) is 0 Å². The van der Waals surface area contributed by atoms with E-state index in [0.717, 1.165) is 14.9 Å². The molecule has 0 fully saturated rings. The summed E-state index contributed by atoms with van der Waals surface area (Å²) < 4.78 is 12.2. The average Bonchev–Trinajstić information content (AvgIpc) is 2.30. The molecule has 1 aliphatic rings. The normalized spacial score (nSPS) is 21.2. The fraction of sp³-hybridized carbons (Fsp3) is 0. The molecular weight excluding hydrogens is 224 g/mol. The lowest BCUT2D eigenvalue weighted by Crippen LogP contribution is -1.82. The Labute approximate surface area is 75.7 Å². The quantitative estimate of drug-likeness (QED) is 0.668. The van der Waals surface area contributed by atoms with Gasteiger partial charge < -0.3 is 0 Å². The Bertz CT molecular complexity index is 357. The van der Waals surface area contributed by atoms with Crippen LogP contribution in [-0.4, -0.2) is 4.21 Å². The summed E-state index contributed by atoms with van der Waals surface area (Å²) in [5.74, 6) is 0. The highest BCUT2D eigenvalue weighted by Gasteiger charge is 2.16. The standard InChI is InChI=1S/C8H5BrOS/c9-7-5-11(10)8-4-2-1-3-6(7)8/h1-5H. The zero-order valence-electron chi connectivity index (χ0n) is 5.58. The van der Waals surface area contributed by atoms with Gasteiger partial charge in [0.2, 0.25) is 0 Å². The molecule has 0 aliphatic carbocycles. The van der Waals surface area contributed by atoms with E-state index in [1.165, 1.54) is 0 Å². The second kappa shape index (κ2) is 2.57. The van der Waals surface area contributed by atoms with Crippen molar-refractivity contribution < 1.29 is 4.21 Å². The molecule has 56 valence electrons. The van der Waals surface area contributed by atoms with Crippen LogP contribution in [0.15, 0.2) is 34.6 Å². The van der Waals surface area contributed by atoms with Gasteiger partial charge in [-0.15, -0.1) is 0 Å². The van der Waals surface area contributed by atoms with Crippen LogP contribution in [0.25, 0.3) is 4.48 Å². The summed E-state index contributed by atoms with van der Waals surface area (Å²) in [6.45, 7) is 0. The molecule has 2 rings (SSSR count). The van der Waals surface area contributed by atoms with Gasteiger partial charge in [-0.25, -0.2) is 4.21 Å². The average molecular weight is 229 g/mol. The first-order valence-corrected chi connectivity index (χ1v) is 5.17. The smallest absolute Gasteiger partial charge is 0.0794 e. The van der Waals surface area contributed by atoms with Gasteiger partial charge >= 0.3 is 0 Å². The van der Waals surface area contributed by atoms with Crippen molar-refractivity contribution in [3.8, 4) is 0 Å². The molecule has 1 heterocycles. The lowest BCUT2D eigenvalue weighted by atomic mass is 10.2. The Balaban J connectivity index is 2.71. The Morgan fingerprint density at radius 3 is 2.73 bits per heavy atom. The van der Waals surface area contributed by atoms with Gasteiger partial charge in [-0.3, -0.25) is 0 Å². The van der Waals surface area contributed by atoms with Crippen molar-refractivity contribution in [1.29, 1.82) is 0 Å². The first-order chi connectivity index (χ1) is 5.29. The first-order valence-electron chi connectivity index (χ1n) is 3.16. The lowest BCUT2D eigenvalue weighted by Gasteiger charge is -1.95. The summed E-state index contributed by atoms with van der Waals surface area (Å²) in [6.07, 6.45) is 0. The highest BCUT2D eigenvalue weighted by atomic mass is 79.9. The molecule has 1 unspecified atom stereocenters. The van der Waals surface area contributed by atoms with Gasteiger partial charge in [-0.2, -0.15) is 0 Å². The molecule has 0 aromatic heterocycles. The Morgan fingerprint density at radius 1 is 1.27 bits per heavy atom. The van der Waals surface area contributed by atoms with E-state index >= 15 is 0 Å². The molecule has 0 radical (unpaired) electrons. The Kier molecular flexibility index (Phi) is 1.69. The maximum absolute atomic E-state index is 11.3. The highest BCUT2D eigenvalue weighted by Crippen LogP contribution is 2.33. The SMILES string of the molecule is O=S1C=C(Br)c2ccccc21. The third kappa shape index (κ3) is 1.08. The summed E-state index contributed by atoms with van der Waals surface area (Å²) in [5.41, 5.74) is 1.05. The summed E-state index contributed by atoms with van der Waals surface area (Å²) in [7, 11) is -0.937. The fourth-order valence-corrected chi connectivity index (χ4v) is 3.10. The van der Waals surface area contributed by atoms with Gasteiger partial charge in [0.15, 0.2) is 0 Å². The fourth-order valence-electron chi connectivity index (χ4n) is 1.06. The zero-order valence-corrected chi connectivity index (χ0v) is 7.98. The monoisotopic (exact) mass is 228 g/mol. The highest BCUT2D eigenvalue weighted by molar-refractivity contribution is 9.15. The van der Waals surface area contributed by atoms with Crippen LogP contribution < -0.4 is 0 Å². The van der Waals surface area contributed by atoms with Crippen LogP contribution in [0.4, 0.5) is 0 Å². The number of hydrogen-bond acceptors (Lipinski definition) is 1. The second-order valence-corrected chi connectivity index (χ2v) is 4.38. The van der Waals surface area contributed by atoms with Crippen LogP contribution in [0.5, 0.6) is 0 Å². The van der Waals surface area contributed by atoms with E-state index in [1.54, 1.807) is 5.41 Å². The van der Waals surface area contributed by atoms with Crippen LogP contribution in [0, 0.1) is 0 Å². The predicted molar refractivity (Wildman–Crippen MR) is 49.8 cm³/mol. The van der Waals surface area contributed by atoms with Crippen molar-refractivity contribution >= 4 is 31.2 Å². The van der Waals surface area contributed by atoms with E-state index in [1.807, 2.05) is 24.3 Å². The zero-order chi connectivity index (χ0) is 7.84. The number of halogens is 1. The maximum atomic E-state index is 11.3. The summed E-state index contributed by atoms with van der Waals surface area (Å²) in [4.78, 5) is 0.902. The van der Waals surface area contributed by atoms with E-state index in [0.29, 0.717) is 0 Å². The molecule has 0 saturated carbocycles. The molecule has 0 saturated heterocycles. The molecule has 1 nitrogen and oxygen atoms in total. The third-order valence-corrected chi connectivity index (χ3v) is 3.77. The number of hydrogen-bond donors (Lipinski definition) is 0. The van der Waals surface area contributed by atoms with E-state index in [-0.39, 0.29) is 0 Å². The largest absolute Gasteiger partial charge is 0.250 e. The molecule has 11 heavy (non-hydrogen) atoms.